The number of nitrogens with one attached hydrogen (secondary N) is 2. The molecule has 1 fully saturated rings. The van der Waals surface area contributed by atoms with Crippen molar-refractivity contribution in [3.63, 3.8) is 0 Å². The monoisotopic (exact) mass is 506 g/mol. The summed E-state index contributed by atoms with van der Waals surface area (Å²) in [5.74, 6) is -0.0361. The molecule has 0 radical (unpaired) electrons. The molecule has 2 heterocycles. The lowest BCUT2D eigenvalue weighted by molar-refractivity contribution is 0.0357. The third-order valence-electron chi connectivity index (χ3n) is 7.22. The number of benzene rings is 3. The van der Waals surface area contributed by atoms with Gasteiger partial charge in [0.2, 0.25) is 0 Å². The second-order valence-electron chi connectivity index (χ2n) is 9.80. The molecule has 1 unspecified atom stereocenters. The van der Waals surface area contributed by atoms with E-state index < -0.39 is 0 Å². The van der Waals surface area contributed by atoms with Gasteiger partial charge in [-0.3, -0.25) is 4.79 Å². The van der Waals surface area contributed by atoms with Gasteiger partial charge in [0.15, 0.2) is 0 Å². The third-order valence-corrected chi connectivity index (χ3v) is 7.22. The Labute approximate surface area is 224 Å². The van der Waals surface area contributed by atoms with E-state index in [-0.39, 0.29) is 23.9 Å². The average Bonchev–Trinajstić information content (AvgIpc) is 3.40. The van der Waals surface area contributed by atoms with Crippen molar-refractivity contribution in [3.8, 4) is 22.3 Å². The lowest BCUT2D eigenvalue weighted by Crippen LogP contribution is -2.44. The number of ether oxygens (including phenoxy) is 1. The normalized spacial score (nSPS) is 16.9. The molecule has 2 atom stereocenters. The summed E-state index contributed by atoms with van der Waals surface area (Å²) in [6.45, 7) is 6.11. The Hall–Kier alpha value is -4.00. The fraction of sp³-hybridized carbons (Fsp3) is 0.250. The van der Waals surface area contributed by atoms with Crippen molar-refractivity contribution in [1.29, 1.82) is 0 Å². The molecule has 6 heteroatoms. The predicted molar refractivity (Wildman–Crippen MR) is 153 cm³/mol. The van der Waals surface area contributed by atoms with E-state index >= 15 is 0 Å². The van der Waals surface area contributed by atoms with E-state index in [1.165, 1.54) is 11.1 Å². The highest BCUT2D eigenvalue weighted by Gasteiger charge is 2.30. The first-order chi connectivity index (χ1) is 18.5. The molecular weight excluding hydrogens is 472 g/mol. The van der Waals surface area contributed by atoms with Crippen molar-refractivity contribution >= 4 is 11.7 Å². The van der Waals surface area contributed by atoms with E-state index in [1.54, 1.807) is 6.20 Å². The van der Waals surface area contributed by atoms with Crippen molar-refractivity contribution in [2.24, 2.45) is 0 Å². The molecule has 194 valence electrons. The third kappa shape index (κ3) is 5.77. The number of rotatable bonds is 8. The molecule has 1 amide bonds. The Balaban J connectivity index is 1.26. The molecule has 1 saturated heterocycles. The fourth-order valence-corrected chi connectivity index (χ4v) is 4.92. The standard InChI is InChI=1S/C32H34N4O2/c1-3-23-15-22(10-9-21(23)2)20-38-30-19-34-18-29(30)36-32(37)28-16-27(17-35-31(28)33)26-13-11-25(12-14-26)24-7-5-4-6-8-24/h4-17,29-30,34H,3,18-20H2,1-2H3,(H2,33,35)(H,36,37)/t29?,30-/m0/s1. The Morgan fingerprint density at radius 3 is 2.42 bits per heavy atom. The van der Waals surface area contributed by atoms with Crippen molar-refractivity contribution in [1.82, 2.24) is 15.6 Å². The van der Waals surface area contributed by atoms with E-state index in [0.717, 1.165) is 34.2 Å². The number of carbonyl (C=O) groups is 1. The number of amides is 1. The zero-order valence-corrected chi connectivity index (χ0v) is 21.9. The van der Waals surface area contributed by atoms with Gasteiger partial charge in [-0.05, 0) is 52.8 Å². The van der Waals surface area contributed by atoms with Crippen molar-refractivity contribution in [2.45, 2.75) is 39.0 Å². The van der Waals surface area contributed by atoms with Gasteiger partial charge < -0.3 is 21.1 Å². The maximum atomic E-state index is 13.3. The average molecular weight is 507 g/mol. The number of aryl methyl sites for hydroxylation is 2. The number of hydrogen-bond donors (Lipinski definition) is 3. The number of anilines is 1. The molecule has 0 aliphatic carbocycles. The smallest absolute Gasteiger partial charge is 0.255 e. The highest BCUT2D eigenvalue weighted by atomic mass is 16.5. The number of nitrogens with zero attached hydrogens (tertiary/aromatic N) is 1. The maximum absolute atomic E-state index is 13.3. The van der Waals surface area contributed by atoms with Crippen LogP contribution < -0.4 is 16.4 Å². The SMILES string of the molecule is CCc1cc(CO[C@H]2CNCC2NC(=O)c2cc(-c3ccc(-c4ccccc4)cc3)cnc2N)ccc1C. The summed E-state index contributed by atoms with van der Waals surface area (Å²) in [5.41, 5.74) is 14.4. The highest BCUT2D eigenvalue weighted by Crippen LogP contribution is 2.26. The largest absolute Gasteiger partial charge is 0.383 e. The Morgan fingerprint density at radius 2 is 1.68 bits per heavy atom. The lowest BCUT2D eigenvalue weighted by Gasteiger charge is -2.21. The Morgan fingerprint density at radius 1 is 0.974 bits per heavy atom. The van der Waals surface area contributed by atoms with Crippen molar-refractivity contribution in [3.05, 3.63) is 107 Å². The van der Waals surface area contributed by atoms with Gasteiger partial charge in [-0.1, -0.05) is 79.7 Å². The molecule has 0 spiro atoms. The van der Waals surface area contributed by atoms with E-state index in [1.807, 2.05) is 36.4 Å². The van der Waals surface area contributed by atoms with Crippen molar-refractivity contribution < 1.29 is 9.53 Å². The molecule has 1 aromatic heterocycles. The van der Waals surface area contributed by atoms with Gasteiger partial charge in [-0.25, -0.2) is 4.98 Å². The van der Waals surface area contributed by atoms with E-state index in [2.05, 4.69) is 71.9 Å². The molecule has 5 rings (SSSR count). The maximum Gasteiger partial charge on any atom is 0.255 e. The highest BCUT2D eigenvalue weighted by molar-refractivity contribution is 5.99. The van der Waals surface area contributed by atoms with Crippen LogP contribution in [0, 0.1) is 6.92 Å². The summed E-state index contributed by atoms with van der Waals surface area (Å²) in [6.07, 6.45) is 2.57. The number of carbonyl (C=O) groups excluding carboxylic acids is 1. The molecule has 1 aliphatic heterocycles. The topological polar surface area (TPSA) is 89.3 Å². The predicted octanol–water partition coefficient (Wildman–Crippen LogP) is 5.16. The number of aromatic nitrogens is 1. The lowest BCUT2D eigenvalue weighted by atomic mass is 10.00. The molecule has 38 heavy (non-hydrogen) atoms. The first-order valence-electron chi connectivity index (χ1n) is 13.1. The molecule has 4 aromatic rings. The summed E-state index contributed by atoms with van der Waals surface area (Å²) >= 11 is 0. The minimum atomic E-state index is -0.247. The van der Waals surface area contributed by atoms with Gasteiger partial charge in [0.05, 0.1) is 24.3 Å². The number of nitrogen functional groups attached to an aromatic ring is 1. The number of nitrogens with two attached hydrogens (primary N) is 1. The second-order valence-corrected chi connectivity index (χ2v) is 9.80. The minimum absolute atomic E-state index is 0.131. The molecule has 3 aromatic carbocycles. The van der Waals surface area contributed by atoms with Gasteiger partial charge in [0.25, 0.3) is 5.91 Å². The summed E-state index contributed by atoms with van der Waals surface area (Å²) in [5, 5.41) is 6.45. The summed E-state index contributed by atoms with van der Waals surface area (Å²) in [6, 6.07) is 26.6. The number of hydrogen-bond acceptors (Lipinski definition) is 5. The zero-order chi connectivity index (χ0) is 26.5. The summed E-state index contributed by atoms with van der Waals surface area (Å²) in [7, 11) is 0. The van der Waals surface area contributed by atoms with Gasteiger partial charge in [-0.15, -0.1) is 0 Å². The number of pyridine rings is 1. The molecule has 0 saturated carbocycles. The van der Waals surface area contributed by atoms with Gasteiger partial charge in [0, 0.05) is 24.8 Å². The van der Waals surface area contributed by atoms with Crippen LogP contribution in [0.2, 0.25) is 0 Å². The molecule has 0 bridgehead atoms. The van der Waals surface area contributed by atoms with Gasteiger partial charge >= 0.3 is 0 Å². The van der Waals surface area contributed by atoms with Crippen LogP contribution in [0.4, 0.5) is 5.82 Å². The first kappa shape index (κ1) is 25.6. The van der Waals surface area contributed by atoms with Gasteiger partial charge in [0.1, 0.15) is 5.82 Å². The first-order valence-corrected chi connectivity index (χ1v) is 13.1. The zero-order valence-electron chi connectivity index (χ0n) is 21.9. The fourth-order valence-electron chi connectivity index (χ4n) is 4.92. The van der Waals surface area contributed by atoms with Crippen LogP contribution in [-0.4, -0.2) is 36.1 Å². The van der Waals surface area contributed by atoms with Crippen LogP contribution in [0.1, 0.15) is 34.0 Å². The summed E-state index contributed by atoms with van der Waals surface area (Å²) < 4.78 is 6.22. The Kier molecular flexibility index (Phi) is 7.82. The molecule has 4 N–H and O–H groups in total. The molecule has 6 nitrogen and oxygen atoms in total. The Bertz CT molecular complexity index is 1400. The molecular formula is C32H34N4O2. The van der Waals surface area contributed by atoms with E-state index in [4.69, 9.17) is 10.5 Å². The van der Waals surface area contributed by atoms with E-state index in [0.29, 0.717) is 25.3 Å². The summed E-state index contributed by atoms with van der Waals surface area (Å²) in [4.78, 5) is 17.6. The molecule has 1 aliphatic rings. The van der Waals surface area contributed by atoms with Crippen LogP contribution >= 0.6 is 0 Å². The minimum Gasteiger partial charge on any atom is -0.383 e. The van der Waals surface area contributed by atoms with Crippen LogP contribution in [0.3, 0.4) is 0 Å². The second kappa shape index (κ2) is 11.6. The van der Waals surface area contributed by atoms with E-state index in [9.17, 15) is 4.79 Å². The quantitative estimate of drug-likeness (QED) is 0.307. The van der Waals surface area contributed by atoms with Gasteiger partial charge in [-0.2, -0.15) is 0 Å². The van der Waals surface area contributed by atoms with Crippen LogP contribution in [0.5, 0.6) is 0 Å². The van der Waals surface area contributed by atoms with Crippen LogP contribution in [-0.2, 0) is 17.8 Å². The van der Waals surface area contributed by atoms with Crippen LogP contribution in [0.25, 0.3) is 22.3 Å². The van der Waals surface area contributed by atoms with Crippen molar-refractivity contribution in [2.75, 3.05) is 18.8 Å². The van der Waals surface area contributed by atoms with Crippen LogP contribution in [0.15, 0.2) is 85.1 Å².